The molecule has 1 aromatic heterocycles. The van der Waals surface area contributed by atoms with Crippen LogP contribution in [0.4, 0.5) is 20.7 Å². The van der Waals surface area contributed by atoms with Crippen molar-refractivity contribution in [2.75, 3.05) is 23.3 Å². The number of hydrogen-bond acceptors (Lipinski definition) is 3. The molecule has 25 heavy (non-hydrogen) atoms. The molecule has 1 saturated heterocycles. The average molecular weight is 342 g/mol. The van der Waals surface area contributed by atoms with Crippen molar-refractivity contribution < 1.29 is 9.18 Å². The number of aryl methyl sites for hydroxylation is 1. The molecule has 0 saturated carbocycles. The van der Waals surface area contributed by atoms with E-state index < -0.39 is 0 Å². The number of nitrogens with zero attached hydrogens (tertiary/aromatic N) is 2. The third-order valence-corrected chi connectivity index (χ3v) is 4.39. The Bertz CT molecular complexity index is 744. The summed E-state index contributed by atoms with van der Waals surface area (Å²) in [5, 5.41) is 5.49. The zero-order valence-electron chi connectivity index (χ0n) is 14.4. The quantitative estimate of drug-likeness (QED) is 0.887. The van der Waals surface area contributed by atoms with Gasteiger partial charge in [-0.05, 0) is 61.6 Å². The standard InChI is InChI=1S/C19H23FN4O/c1-14-5-6-16(20)12-17(14)23-19(25)22-13-15-7-8-21-18(11-15)24-9-3-2-4-10-24/h5-8,11-12H,2-4,9-10,13H2,1H3,(H2,22,23,25). The van der Waals surface area contributed by atoms with Gasteiger partial charge in [0.05, 0.1) is 0 Å². The van der Waals surface area contributed by atoms with Gasteiger partial charge < -0.3 is 15.5 Å². The zero-order chi connectivity index (χ0) is 17.6. The lowest BCUT2D eigenvalue weighted by atomic mass is 10.1. The molecule has 0 aliphatic carbocycles. The van der Waals surface area contributed by atoms with Crippen molar-refractivity contribution in [1.82, 2.24) is 10.3 Å². The molecule has 0 radical (unpaired) electrons. The Hall–Kier alpha value is -2.63. The van der Waals surface area contributed by atoms with Gasteiger partial charge in [-0.15, -0.1) is 0 Å². The number of amides is 2. The molecular weight excluding hydrogens is 319 g/mol. The van der Waals surface area contributed by atoms with Crippen LogP contribution in [-0.4, -0.2) is 24.1 Å². The monoisotopic (exact) mass is 342 g/mol. The lowest BCUT2D eigenvalue weighted by Gasteiger charge is -2.27. The number of rotatable bonds is 4. The van der Waals surface area contributed by atoms with E-state index in [0.29, 0.717) is 12.2 Å². The van der Waals surface area contributed by atoms with Crippen molar-refractivity contribution in [1.29, 1.82) is 0 Å². The van der Waals surface area contributed by atoms with Gasteiger partial charge in [0, 0.05) is 31.5 Å². The van der Waals surface area contributed by atoms with Gasteiger partial charge in [-0.3, -0.25) is 0 Å². The van der Waals surface area contributed by atoms with Crippen LogP contribution in [-0.2, 0) is 6.54 Å². The lowest BCUT2D eigenvalue weighted by molar-refractivity contribution is 0.251. The summed E-state index contributed by atoms with van der Waals surface area (Å²) < 4.78 is 13.3. The molecule has 0 atom stereocenters. The maximum absolute atomic E-state index is 13.3. The second-order valence-corrected chi connectivity index (χ2v) is 6.34. The van der Waals surface area contributed by atoms with Crippen LogP contribution in [0.15, 0.2) is 36.5 Å². The molecule has 1 aliphatic heterocycles. The van der Waals surface area contributed by atoms with Gasteiger partial charge in [0.25, 0.3) is 0 Å². The Labute approximate surface area is 147 Å². The van der Waals surface area contributed by atoms with Gasteiger partial charge in [-0.25, -0.2) is 14.2 Å². The summed E-state index contributed by atoms with van der Waals surface area (Å²) in [4.78, 5) is 18.8. The number of carbonyl (C=O) groups is 1. The third kappa shape index (κ3) is 4.68. The number of aromatic nitrogens is 1. The lowest BCUT2D eigenvalue weighted by Crippen LogP contribution is -2.31. The Morgan fingerprint density at radius 2 is 2.00 bits per heavy atom. The van der Waals surface area contributed by atoms with E-state index in [1.165, 1.54) is 31.4 Å². The molecule has 5 nitrogen and oxygen atoms in total. The molecule has 2 N–H and O–H groups in total. The number of halogens is 1. The molecule has 1 aromatic carbocycles. The van der Waals surface area contributed by atoms with Gasteiger partial charge in [0.1, 0.15) is 11.6 Å². The maximum Gasteiger partial charge on any atom is 0.319 e. The Morgan fingerprint density at radius 3 is 2.80 bits per heavy atom. The third-order valence-electron chi connectivity index (χ3n) is 4.39. The summed E-state index contributed by atoms with van der Waals surface area (Å²) in [6, 6.07) is 7.87. The first-order chi connectivity index (χ1) is 12.1. The summed E-state index contributed by atoms with van der Waals surface area (Å²) in [6.07, 6.45) is 5.44. The van der Waals surface area contributed by atoms with Crippen LogP contribution < -0.4 is 15.5 Å². The van der Waals surface area contributed by atoms with E-state index in [0.717, 1.165) is 30.0 Å². The van der Waals surface area contributed by atoms with Gasteiger partial charge in [0.2, 0.25) is 0 Å². The molecule has 2 heterocycles. The van der Waals surface area contributed by atoms with Crippen LogP contribution in [0.1, 0.15) is 30.4 Å². The SMILES string of the molecule is Cc1ccc(F)cc1NC(=O)NCc1ccnc(N2CCCCC2)c1. The fraction of sp³-hybridized carbons (Fsp3) is 0.368. The van der Waals surface area contributed by atoms with Gasteiger partial charge >= 0.3 is 6.03 Å². The van der Waals surface area contributed by atoms with Crippen molar-refractivity contribution in [2.45, 2.75) is 32.7 Å². The van der Waals surface area contributed by atoms with Crippen LogP contribution >= 0.6 is 0 Å². The van der Waals surface area contributed by atoms with E-state index in [4.69, 9.17) is 0 Å². The van der Waals surface area contributed by atoms with E-state index in [1.807, 2.05) is 19.1 Å². The van der Waals surface area contributed by atoms with Crippen LogP contribution in [0.3, 0.4) is 0 Å². The summed E-state index contributed by atoms with van der Waals surface area (Å²) in [5.41, 5.74) is 2.27. The number of hydrogen-bond donors (Lipinski definition) is 2. The number of anilines is 2. The minimum absolute atomic E-state index is 0.356. The highest BCUT2D eigenvalue weighted by Crippen LogP contribution is 2.19. The fourth-order valence-corrected chi connectivity index (χ4v) is 2.94. The van der Waals surface area contributed by atoms with E-state index in [2.05, 4.69) is 20.5 Å². The van der Waals surface area contributed by atoms with E-state index >= 15 is 0 Å². The number of benzene rings is 1. The maximum atomic E-state index is 13.3. The van der Waals surface area contributed by atoms with Crippen molar-refractivity contribution in [3.8, 4) is 0 Å². The van der Waals surface area contributed by atoms with Gasteiger partial charge in [-0.2, -0.15) is 0 Å². The predicted octanol–water partition coefficient (Wildman–Crippen LogP) is 3.84. The van der Waals surface area contributed by atoms with E-state index in [9.17, 15) is 9.18 Å². The van der Waals surface area contributed by atoms with Crippen LogP contribution in [0.25, 0.3) is 0 Å². The van der Waals surface area contributed by atoms with Crippen molar-refractivity contribution in [2.24, 2.45) is 0 Å². The predicted molar refractivity (Wildman–Crippen MR) is 97.3 cm³/mol. The molecule has 1 aliphatic rings. The summed E-state index contributed by atoms with van der Waals surface area (Å²) in [7, 11) is 0. The first kappa shape index (κ1) is 17.2. The largest absolute Gasteiger partial charge is 0.357 e. The van der Waals surface area contributed by atoms with Crippen molar-refractivity contribution in [3.05, 3.63) is 53.5 Å². The molecule has 6 heteroatoms. The van der Waals surface area contributed by atoms with Crippen LogP contribution in [0.5, 0.6) is 0 Å². The molecule has 0 spiro atoms. The highest BCUT2D eigenvalue weighted by Gasteiger charge is 2.12. The van der Waals surface area contributed by atoms with Crippen LogP contribution in [0, 0.1) is 12.7 Å². The van der Waals surface area contributed by atoms with E-state index in [1.54, 1.807) is 12.3 Å². The Kier molecular flexibility index (Phi) is 5.48. The second-order valence-electron chi connectivity index (χ2n) is 6.34. The van der Waals surface area contributed by atoms with Gasteiger partial charge in [0.15, 0.2) is 0 Å². The van der Waals surface area contributed by atoms with Crippen molar-refractivity contribution in [3.63, 3.8) is 0 Å². The molecule has 2 amide bonds. The molecule has 0 unspecified atom stereocenters. The fourth-order valence-electron chi connectivity index (χ4n) is 2.94. The van der Waals surface area contributed by atoms with Crippen molar-refractivity contribution >= 4 is 17.5 Å². The topological polar surface area (TPSA) is 57.3 Å². The molecule has 2 aromatic rings. The minimum atomic E-state index is -0.374. The second kappa shape index (κ2) is 7.96. The number of nitrogens with one attached hydrogen (secondary N) is 2. The summed E-state index contributed by atoms with van der Waals surface area (Å²) in [6.45, 7) is 4.28. The summed E-state index contributed by atoms with van der Waals surface area (Å²) in [5.74, 6) is 0.585. The molecule has 132 valence electrons. The minimum Gasteiger partial charge on any atom is -0.357 e. The average Bonchev–Trinajstić information content (AvgIpc) is 2.64. The number of piperidine rings is 1. The van der Waals surface area contributed by atoms with Gasteiger partial charge in [-0.1, -0.05) is 6.07 Å². The Morgan fingerprint density at radius 1 is 1.20 bits per heavy atom. The molecule has 3 rings (SSSR count). The first-order valence-electron chi connectivity index (χ1n) is 8.63. The normalized spacial score (nSPS) is 14.2. The summed E-state index contributed by atoms with van der Waals surface area (Å²) >= 11 is 0. The number of carbonyl (C=O) groups excluding carboxylic acids is 1. The highest BCUT2D eigenvalue weighted by molar-refractivity contribution is 5.90. The zero-order valence-corrected chi connectivity index (χ0v) is 14.4. The first-order valence-corrected chi connectivity index (χ1v) is 8.63. The number of pyridine rings is 1. The Balaban J connectivity index is 1.57. The molecular formula is C19H23FN4O. The molecule has 1 fully saturated rings. The number of urea groups is 1. The van der Waals surface area contributed by atoms with E-state index in [-0.39, 0.29) is 11.8 Å². The molecule has 0 bridgehead atoms. The smallest absolute Gasteiger partial charge is 0.319 e. The highest BCUT2D eigenvalue weighted by atomic mass is 19.1. The van der Waals surface area contributed by atoms with Crippen LogP contribution in [0.2, 0.25) is 0 Å².